The summed E-state index contributed by atoms with van der Waals surface area (Å²) < 4.78 is 9.06. The number of ether oxygens (including phenoxy) is 1. The Hall–Kier alpha value is -1.63. The van der Waals surface area contributed by atoms with Gasteiger partial charge in [-0.25, -0.2) is 10.6 Å². The van der Waals surface area contributed by atoms with Crippen molar-refractivity contribution < 1.29 is 13.9 Å². The molecule has 0 spiro atoms. The van der Waals surface area contributed by atoms with Gasteiger partial charge in [-0.2, -0.15) is 0 Å². The van der Waals surface area contributed by atoms with Gasteiger partial charge in [-0.1, -0.05) is 5.10 Å². The maximum Gasteiger partial charge on any atom is 0.430 e. The Morgan fingerprint density at radius 2 is 2.45 bits per heavy atom. The maximum atomic E-state index is 10.4. The number of amides is 1. The molecule has 7 nitrogen and oxygen atoms in total. The quantitative estimate of drug-likeness (QED) is 0.319. The number of nitrogens with zero attached hydrogens (tertiary/aromatic N) is 2. The van der Waals surface area contributed by atoms with E-state index in [1.165, 1.54) is 0 Å². The summed E-state index contributed by atoms with van der Waals surface area (Å²) in [6.07, 6.45) is -1.08. The molecule has 0 atom stereocenters. The van der Waals surface area contributed by atoms with Crippen LogP contribution in [0.2, 0.25) is 0 Å². The molecule has 0 unspecified atom stereocenters. The lowest BCUT2D eigenvalue weighted by Crippen LogP contribution is -2.32. The zero-order valence-electron chi connectivity index (χ0n) is 5.70. The second kappa shape index (κ2) is 2.97. The van der Waals surface area contributed by atoms with E-state index in [1.54, 1.807) is 12.3 Å². The Morgan fingerprint density at radius 3 is 2.91 bits per heavy atom. The number of carbonyl (C=O) groups excluding carboxylic acids is 1. The van der Waals surface area contributed by atoms with Gasteiger partial charge in [0.25, 0.3) is 0 Å². The van der Waals surface area contributed by atoms with Gasteiger partial charge in [0.2, 0.25) is 5.89 Å². The summed E-state index contributed by atoms with van der Waals surface area (Å²) in [6.45, 7) is 1.57. The molecule has 3 N–H and O–H groups in total. The highest BCUT2D eigenvalue weighted by Gasteiger charge is 2.07. The number of aryl methyl sites for hydroxylation is 1. The van der Waals surface area contributed by atoms with Gasteiger partial charge in [-0.3, -0.25) is 5.43 Å². The molecule has 60 valence electrons. The number of nitrogens with one attached hydrogen (secondary N) is 1. The third kappa shape index (κ3) is 1.90. The van der Waals surface area contributed by atoms with Crippen LogP contribution in [0.4, 0.5) is 4.79 Å². The lowest BCUT2D eigenvalue weighted by Gasteiger charge is -1.93. The van der Waals surface area contributed by atoms with Crippen LogP contribution in [0.3, 0.4) is 0 Å². The minimum Gasteiger partial charge on any atom is -0.393 e. The number of nitrogens with two attached hydrogens (primary N) is 1. The molecule has 1 aromatic heterocycles. The van der Waals surface area contributed by atoms with Crippen LogP contribution in [-0.2, 0) is 0 Å². The van der Waals surface area contributed by atoms with E-state index >= 15 is 0 Å². The summed E-state index contributed by atoms with van der Waals surface area (Å²) in [7, 11) is 0. The summed E-state index contributed by atoms with van der Waals surface area (Å²) in [5, 5.41) is 6.79. The van der Waals surface area contributed by atoms with Crippen molar-refractivity contribution >= 4 is 6.09 Å². The zero-order chi connectivity index (χ0) is 8.27. The monoisotopic (exact) mass is 158 g/mol. The van der Waals surface area contributed by atoms with Crippen LogP contribution >= 0.6 is 0 Å². The lowest BCUT2D eigenvalue weighted by molar-refractivity contribution is 0.183. The zero-order valence-corrected chi connectivity index (χ0v) is 5.70. The van der Waals surface area contributed by atoms with E-state index in [9.17, 15) is 4.79 Å². The number of rotatable bonds is 1. The van der Waals surface area contributed by atoms with Crippen molar-refractivity contribution in [2.45, 2.75) is 6.92 Å². The minimum absolute atomic E-state index is 0.231. The molecule has 0 radical (unpaired) electrons. The molecule has 0 aliphatic heterocycles. The molecule has 11 heavy (non-hydrogen) atoms. The Bertz CT molecular complexity index is 258. The Morgan fingerprint density at radius 1 is 1.73 bits per heavy atom. The Labute approximate surface area is 61.5 Å². The van der Waals surface area contributed by atoms with Crippen molar-refractivity contribution in [1.82, 2.24) is 15.6 Å². The van der Waals surface area contributed by atoms with Gasteiger partial charge in [-0.15, -0.1) is 5.10 Å². The summed E-state index contributed by atoms with van der Waals surface area (Å²) >= 11 is 0. The molecule has 0 saturated heterocycles. The van der Waals surface area contributed by atoms with Crippen molar-refractivity contribution in [1.29, 1.82) is 0 Å². The van der Waals surface area contributed by atoms with Crippen molar-refractivity contribution in [2.75, 3.05) is 0 Å². The van der Waals surface area contributed by atoms with Crippen LogP contribution in [0, 0.1) is 6.92 Å². The van der Waals surface area contributed by atoms with Crippen LogP contribution in [0.25, 0.3) is 0 Å². The average Bonchev–Trinajstić information content (AvgIpc) is 2.35. The van der Waals surface area contributed by atoms with Crippen LogP contribution in [0.1, 0.15) is 5.89 Å². The highest BCUT2D eigenvalue weighted by molar-refractivity contribution is 5.68. The van der Waals surface area contributed by atoms with E-state index in [0.717, 1.165) is 0 Å². The van der Waals surface area contributed by atoms with Crippen LogP contribution < -0.4 is 16.0 Å². The van der Waals surface area contributed by atoms with Gasteiger partial charge in [0.1, 0.15) is 0 Å². The van der Waals surface area contributed by atoms with E-state index in [1.807, 2.05) is 0 Å². The van der Waals surface area contributed by atoms with Gasteiger partial charge in [0.05, 0.1) is 0 Å². The predicted molar refractivity (Wildman–Crippen MR) is 32.4 cm³/mol. The topological polar surface area (TPSA) is 103 Å². The molecule has 0 aliphatic carbocycles. The van der Waals surface area contributed by atoms with Gasteiger partial charge in [0.15, 0.2) is 0 Å². The first-order valence-electron chi connectivity index (χ1n) is 2.71. The molecule has 1 rings (SSSR count). The molecule has 0 aliphatic rings. The van der Waals surface area contributed by atoms with Crippen LogP contribution in [0.15, 0.2) is 4.42 Å². The number of hydrogen-bond donors (Lipinski definition) is 2. The fourth-order valence-electron chi connectivity index (χ4n) is 0.428. The third-order valence-corrected chi connectivity index (χ3v) is 0.805. The Balaban J connectivity index is 2.57. The van der Waals surface area contributed by atoms with E-state index < -0.39 is 6.09 Å². The number of aromatic nitrogens is 2. The van der Waals surface area contributed by atoms with Crippen molar-refractivity contribution in [2.24, 2.45) is 5.84 Å². The molecule has 1 aromatic rings. The number of hydrazine groups is 1. The van der Waals surface area contributed by atoms with Gasteiger partial charge >= 0.3 is 12.2 Å². The van der Waals surface area contributed by atoms with E-state index in [2.05, 4.69) is 14.9 Å². The minimum atomic E-state index is -0.853. The number of carbonyl (C=O) groups is 1. The second-order valence-corrected chi connectivity index (χ2v) is 1.62. The van der Waals surface area contributed by atoms with E-state index in [4.69, 9.17) is 10.3 Å². The fourth-order valence-corrected chi connectivity index (χ4v) is 0.428. The molecule has 0 bridgehead atoms. The standard InChI is InChI=1S/C4H6N4O3/c1-2-7-8-4(10-2)11-3(9)6-5/h5H2,1H3,(H,6,9). The van der Waals surface area contributed by atoms with Gasteiger partial charge in [0, 0.05) is 6.92 Å². The van der Waals surface area contributed by atoms with Crippen LogP contribution in [0.5, 0.6) is 6.08 Å². The highest BCUT2D eigenvalue weighted by Crippen LogP contribution is 2.05. The van der Waals surface area contributed by atoms with Crippen LogP contribution in [-0.4, -0.2) is 16.3 Å². The smallest absolute Gasteiger partial charge is 0.393 e. The molecule has 1 amide bonds. The summed E-state index contributed by atoms with van der Waals surface area (Å²) in [4.78, 5) is 10.4. The maximum absolute atomic E-state index is 10.4. The van der Waals surface area contributed by atoms with Crippen molar-refractivity contribution in [3.8, 4) is 6.08 Å². The summed E-state index contributed by atoms with van der Waals surface area (Å²) in [5.41, 5.74) is 1.73. The highest BCUT2D eigenvalue weighted by atomic mass is 16.6. The third-order valence-electron chi connectivity index (χ3n) is 0.805. The van der Waals surface area contributed by atoms with Crippen molar-refractivity contribution in [3.63, 3.8) is 0 Å². The molecular weight excluding hydrogens is 152 g/mol. The molecular formula is C4H6N4O3. The van der Waals surface area contributed by atoms with Gasteiger partial charge in [-0.05, 0) is 0 Å². The average molecular weight is 158 g/mol. The van der Waals surface area contributed by atoms with Crippen molar-refractivity contribution in [3.05, 3.63) is 5.89 Å². The number of hydrogen-bond acceptors (Lipinski definition) is 6. The first-order valence-corrected chi connectivity index (χ1v) is 2.71. The predicted octanol–water partition coefficient (Wildman–Crippen LogP) is -0.660. The second-order valence-electron chi connectivity index (χ2n) is 1.62. The largest absolute Gasteiger partial charge is 0.430 e. The van der Waals surface area contributed by atoms with Gasteiger partial charge < -0.3 is 9.15 Å². The Kier molecular flexibility index (Phi) is 2.02. The molecule has 7 heteroatoms. The molecule has 1 heterocycles. The summed E-state index contributed by atoms with van der Waals surface area (Å²) in [6, 6.07) is 0. The lowest BCUT2D eigenvalue weighted by atomic mass is 10.8. The first-order chi connectivity index (χ1) is 5.22. The molecule has 0 fully saturated rings. The van der Waals surface area contributed by atoms with E-state index in [0.29, 0.717) is 5.89 Å². The normalized spacial score (nSPS) is 9.27. The first kappa shape index (κ1) is 7.48. The molecule has 0 saturated carbocycles. The molecule has 0 aromatic carbocycles. The van der Waals surface area contributed by atoms with E-state index in [-0.39, 0.29) is 6.08 Å². The summed E-state index contributed by atoms with van der Waals surface area (Å²) in [5.74, 6) is 5.02. The SMILES string of the molecule is Cc1nnc(OC(=O)NN)o1. The fraction of sp³-hybridized carbons (Fsp3) is 0.250.